The maximum Gasteiger partial charge on any atom is 0.389 e. The summed E-state index contributed by atoms with van der Waals surface area (Å²) in [4.78, 5) is 2.00. The molecule has 1 rings (SSSR count). The van der Waals surface area contributed by atoms with Gasteiger partial charge in [0.1, 0.15) is 5.84 Å². The van der Waals surface area contributed by atoms with E-state index in [1.54, 1.807) is 0 Å². The number of halogens is 3. The van der Waals surface area contributed by atoms with Crippen LogP contribution in [-0.4, -0.2) is 41.8 Å². The van der Waals surface area contributed by atoms with Crippen LogP contribution in [0.5, 0.6) is 0 Å². The van der Waals surface area contributed by atoms with Gasteiger partial charge in [-0.25, -0.2) is 0 Å². The Morgan fingerprint density at radius 1 is 1.39 bits per heavy atom. The van der Waals surface area contributed by atoms with Crippen LogP contribution in [0.3, 0.4) is 0 Å². The van der Waals surface area contributed by atoms with Crippen molar-refractivity contribution in [3.63, 3.8) is 0 Å². The molecule has 0 aliphatic carbocycles. The van der Waals surface area contributed by atoms with Crippen molar-refractivity contribution in [2.45, 2.75) is 38.8 Å². The molecule has 1 fully saturated rings. The molecule has 18 heavy (non-hydrogen) atoms. The Balaban J connectivity index is 2.32. The molecule has 0 aromatic heterocycles. The van der Waals surface area contributed by atoms with Gasteiger partial charge >= 0.3 is 6.18 Å². The minimum Gasteiger partial charge on any atom is -0.409 e. The molecule has 1 aliphatic rings. The predicted octanol–water partition coefficient (Wildman–Crippen LogP) is 2.18. The molecule has 0 spiro atoms. The van der Waals surface area contributed by atoms with Crippen LogP contribution in [0.25, 0.3) is 0 Å². The van der Waals surface area contributed by atoms with E-state index in [1.807, 2.05) is 11.8 Å². The minimum absolute atomic E-state index is 0.129. The highest BCUT2D eigenvalue weighted by Gasteiger charge is 2.34. The Hall–Kier alpha value is -0.980. The van der Waals surface area contributed by atoms with E-state index < -0.39 is 12.6 Å². The van der Waals surface area contributed by atoms with Crippen molar-refractivity contribution in [3.05, 3.63) is 0 Å². The summed E-state index contributed by atoms with van der Waals surface area (Å²) in [5, 5.41) is 11.7. The number of hydrogen-bond acceptors (Lipinski definition) is 3. The average molecular weight is 267 g/mol. The first-order valence-corrected chi connectivity index (χ1v) is 6.04. The van der Waals surface area contributed by atoms with E-state index in [-0.39, 0.29) is 17.7 Å². The van der Waals surface area contributed by atoms with E-state index in [0.29, 0.717) is 32.5 Å². The van der Waals surface area contributed by atoms with Gasteiger partial charge in [0, 0.05) is 11.8 Å². The second kappa shape index (κ2) is 5.77. The van der Waals surface area contributed by atoms with Crippen molar-refractivity contribution >= 4 is 5.84 Å². The van der Waals surface area contributed by atoms with E-state index in [9.17, 15) is 13.2 Å². The monoisotopic (exact) mass is 267 g/mol. The summed E-state index contributed by atoms with van der Waals surface area (Å²) in [6.45, 7) is 3.73. The Kier molecular flexibility index (Phi) is 4.84. The molecule has 4 nitrogen and oxygen atoms in total. The predicted molar refractivity (Wildman–Crippen MR) is 62.5 cm³/mol. The molecule has 0 bridgehead atoms. The molecular formula is C11H20F3N3O. The van der Waals surface area contributed by atoms with Gasteiger partial charge in [-0.1, -0.05) is 12.1 Å². The van der Waals surface area contributed by atoms with Gasteiger partial charge in [-0.15, -0.1) is 0 Å². The van der Waals surface area contributed by atoms with Crippen LogP contribution in [0.4, 0.5) is 13.2 Å². The number of rotatable bonds is 4. The van der Waals surface area contributed by atoms with E-state index in [2.05, 4.69) is 5.16 Å². The fourth-order valence-corrected chi connectivity index (χ4v) is 2.15. The zero-order chi connectivity index (χ0) is 13.8. The lowest BCUT2D eigenvalue weighted by Crippen LogP contribution is -2.45. The molecule has 0 saturated carbocycles. The first-order valence-electron chi connectivity index (χ1n) is 6.04. The molecule has 0 radical (unpaired) electrons. The molecular weight excluding hydrogens is 247 g/mol. The molecule has 0 atom stereocenters. The normalized spacial score (nSPS) is 22.1. The van der Waals surface area contributed by atoms with Gasteiger partial charge in [0.15, 0.2) is 0 Å². The molecule has 1 saturated heterocycles. The average Bonchev–Trinajstić information content (AvgIpc) is 2.29. The number of amidine groups is 1. The lowest BCUT2D eigenvalue weighted by molar-refractivity contribution is -0.136. The van der Waals surface area contributed by atoms with E-state index in [1.165, 1.54) is 0 Å². The summed E-state index contributed by atoms with van der Waals surface area (Å²) < 4.78 is 36.0. The van der Waals surface area contributed by atoms with E-state index >= 15 is 0 Å². The summed E-state index contributed by atoms with van der Waals surface area (Å²) in [5.74, 6) is 0.206. The van der Waals surface area contributed by atoms with Gasteiger partial charge in [0.2, 0.25) is 0 Å². The van der Waals surface area contributed by atoms with Crippen molar-refractivity contribution in [1.82, 2.24) is 4.90 Å². The van der Waals surface area contributed by atoms with Crippen molar-refractivity contribution in [2.75, 3.05) is 19.6 Å². The Morgan fingerprint density at radius 3 is 2.39 bits per heavy atom. The number of likely N-dealkylation sites (tertiary alicyclic amines) is 1. The maximum absolute atomic E-state index is 12.0. The van der Waals surface area contributed by atoms with Crippen LogP contribution < -0.4 is 5.73 Å². The first kappa shape index (κ1) is 15.1. The number of alkyl halides is 3. The van der Waals surface area contributed by atoms with Crippen LogP contribution in [0.15, 0.2) is 5.16 Å². The highest BCUT2D eigenvalue weighted by Crippen LogP contribution is 2.31. The summed E-state index contributed by atoms with van der Waals surface area (Å²) in [7, 11) is 0. The summed E-state index contributed by atoms with van der Waals surface area (Å²) in [5.41, 5.74) is 5.28. The molecule has 1 aliphatic heterocycles. The van der Waals surface area contributed by atoms with Gasteiger partial charge in [0.05, 0.1) is 0 Å². The minimum atomic E-state index is -4.07. The summed E-state index contributed by atoms with van der Waals surface area (Å²) in [6.07, 6.45) is -3.27. The lowest BCUT2D eigenvalue weighted by atomic mass is 9.79. The molecule has 0 unspecified atom stereocenters. The highest BCUT2D eigenvalue weighted by atomic mass is 19.4. The molecule has 0 amide bonds. The van der Waals surface area contributed by atoms with Crippen molar-refractivity contribution < 1.29 is 18.4 Å². The number of nitrogens with two attached hydrogens (primary N) is 1. The Bertz CT molecular complexity index is 296. The van der Waals surface area contributed by atoms with Gasteiger partial charge < -0.3 is 15.8 Å². The SMILES string of the molecule is CC1(C(N)=NO)CCN(CCCC(F)(F)F)CC1. The van der Waals surface area contributed by atoms with Gasteiger partial charge in [-0.3, -0.25) is 0 Å². The van der Waals surface area contributed by atoms with Crippen LogP contribution >= 0.6 is 0 Å². The number of oxime groups is 1. The topological polar surface area (TPSA) is 61.9 Å². The molecule has 1 heterocycles. The number of piperidine rings is 1. The van der Waals surface area contributed by atoms with Gasteiger partial charge in [-0.05, 0) is 38.9 Å². The number of nitrogens with zero attached hydrogens (tertiary/aromatic N) is 2. The second-order valence-electron chi connectivity index (χ2n) is 5.11. The molecule has 0 aromatic rings. The summed E-state index contributed by atoms with van der Waals surface area (Å²) in [6, 6.07) is 0. The van der Waals surface area contributed by atoms with E-state index in [0.717, 1.165) is 0 Å². The molecule has 0 aromatic carbocycles. The van der Waals surface area contributed by atoms with Gasteiger partial charge in [-0.2, -0.15) is 13.2 Å². The third-order valence-electron chi connectivity index (χ3n) is 3.62. The second-order valence-corrected chi connectivity index (χ2v) is 5.11. The molecule has 106 valence electrons. The number of hydrogen-bond donors (Lipinski definition) is 2. The first-order chi connectivity index (χ1) is 8.27. The quantitative estimate of drug-likeness (QED) is 0.355. The maximum atomic E-state index is 12.0. The van der Waals surface area contributed by atoms with E-state index in [4.69, 9.17) is 10.9 Å². The molecule has 7 heteroatoms. The third-order valence-corrected chi connectivity index (χ3v) is 3.62. The Morgan fingerprint density at radius 2 is 1.94 bits per heavy atom. The van der Waals surface area contributed by atoms with Crippen LogP contribution in [-0.2, 0) is 0 Å². The van der Waals surface area contributed by atoms with Crippen molar-refractivity contribution in [3.8, 4) is 0 Å². The zero-order valence-electron chi connectivity index (χ0n) is 10.5. The summed E-state index contributed by atoms with van der Waals surface area (Å²) >= 11 is 0. The fourth-order valence-electron chi connectivity index (χ4n) is 2.15. The fraction of sp³-hybridized carbons (Fsp3) is 0.909. The van der Waals surface area contributed by atoms with Gasteiger partial charge in [0.25, 0.3) is 0 Å². The van der Waals surface area contributed by atoms with Crippen molar-refractivity contribution in [2.24, 2.45) is 16.3 Å². The lowest BCUT2D eigenvalue weighted by Gasteiger charge is -2.38. The smallest absolute Gasteiger partial charge is 0.389 e. The van der Waals surface area contributed by atoms with Crippen LogP contribution in [0.2, 0.25) is 0 Å². The Labute approximate surface area is 105 Å². The molecule has 3 N–H and O–H groups in total. The highest BCUT2D eigenvalue weighted by molar-refractivity contribution is 5.85. The standard InChI is InChI=1S/C11H20F3N3O/c1-10(9(15)16-18)4-7-17(8-5-10)6-2-3-11(12,13)14/h18H,2-8H2,1H3,(H2,15,16). The van der Waals surface area contributed by atoms with Crippen LogP contribution in [0.1, 0.15) is 32.6 Å². The van der Waals surface area contributed by atoms with Crippen LogP contribution in [0, 0.1) is 5.41 Å². The van der Waals surface area contributed by atoms with Crippen molar-refractivity contribution in [1.29, 1.82) is 0 Å². The zero-order valence-corrected chi connectivity index (χ0v) is 10.5. The largest absolute Gasteiger partial charge is 0.409 e. The third kappa shape index (κ3) is 4.36.